The summed E-state index contributed by atoms with van der Waals surface area (Å²) in [7, 11) is 1.48. The first-order chi connectivity index (χ1) is 11.1. The summed E-state index contributed by atoms with van der Waals surface area (Å²) in [5.74, 6) is -0.0351. The zero-order chi connectivity index (χ0) is 18.5. The highest BCUT2D eigenvalue weighted by Crippen LogP contribution is 2.27. The molecule has 3 N–H and O–H groups in total. The highest BCUT2D eigenvalue weighted by atomic mass is 16.2. The predicted octanol–water partition coefficient (Wildman–Crippen LogP) is 3.11. The van der Waals surface area contributed by atoms with Gasteiger partial charge in [0, 0.05) is 13.1 Å². The molecule has 3 amide bonds. The van der Waals surface area contributed by atoms with Gasteiger partial charge in [-0.25, -0.2) is 4.79 Å². The van der Waals surface area contributed by atoms with Crippen LogP contribution in [0, 0.1) is 5.92 Å². The van der Waals surface area contributed by atoms with Crippen LogP contribution in [-0.4, -0.2) is 25.0 Å². The molecule has 0 aliphatic heterocycles. The van der Waals surface area contributed by atoms with Crippen molar-refractivity contribution in [3.8, 4) is 0 Å². The lowest BCUT2D eigenvalue weighted by atomic mass is 9.85. The van der Waals surface area contributed by atoms with Gasteiger partial charge in [0.05, 0.1) is 6.04 Å². The van der Waals surface area contributed by atoms with Crippen LogP contribution in [0.3, 0.4) is 0 Å². The fourth-order valence-corrected chi connectivity index (χ4v) is 2.49. The Bertz CT molecular complexity index is 559. The Kier molecular flexibility index (Phi) is 6.96. The van der Waals surface area contributed by atoms with Gasteiger partial charge in [-0.1, -0.05) is 58.9 Å². The van der Waals surface area contributed by atoms with Gasteiger partial charge in [-0.05, 0) is 29.4 Å². The number of rotatable bonds is 5. The number of hydrogen-bond acceptors (Lipinski definition) is 3. The lowest BCUT2D eigenvalue weighted by molar-refractivity contribution is -0.121. The van der Waals surface area contributed by atoms with Crippen molar-refractivity contribution < 1.29 is 9.59 Å². The summed E-state index contributed by atoms with van der Waals surface area (Å²) >= 11 is 0. The summed E-state index contributed by atoms with van der Waals surface area (Å²) in [6.07, 6.45) is 0. The van der Waals surface area contributed by atoms with E-state index < -0.39 is 12.1 Å². The van der Waals surface area contributed by atoms with Crippen LogP contribution >= 0.6 is 0 Å². The van der Waals surface area contributed by atoms with Crippen LogP contribution in [0.2, 0.25) is 0 Å². The maximum atomic E-state index is 12.1. The van der Waals surface area contributed by atoms with Gasteiger partial charge in [0.1, 0.15) is 0 Å². The van der Waals surface area contributed by atoms with Gasteiger partial charge in [0.15, 0.2) is 0 Å². The maximum absolute atomic E-state index is 12.1. The smallest absolute Gasteiger partial charge is 0.321 e. The summed E-state index contributed by atoms with van der Waals surface area (Å²) in [6.45, 7) is 12.5. The van der Waals surface area contributed by atoms with Crippen LogP contribution in [-0.2, 0) is 10.2 Å². The van der Waals surface area contributed by atoms with E-state index in [4.69, 9.17) is 0 Å². The third kappa shape index (κ3) is 5.64. The van der Waals surface area contributed by atoms with Crippen LogP contribution in [0.5, 0.6) is 0 Å². The lowest BCUT2D eigenvalue weighted by Crippen LogP contribution is -2.48. The van der Waals surface area contributed by atoms with Crippen LogP contribution in [0.4, 0.5) is 4.79 Å². The molecule has 5 heteroatoms. The first kappa shape index (κ1) is 20.2. The monoisotopic (exact) mass is 333 g/mol. The zero-order valence-corrected chi connectivity index (χ0v) is 15.9. The van der Waals surface area contributed by atoms with Crippen LogP contribution in [0.1, 0.15) is 58.7 Å². The first-order valence-electron chi connectivity index (χ1n) is 8.45. The number of carbonyl (C=O) groups is 2. The maximum Gasteiger partial charge on any atom is 0.321 e. The molecule has 0 spiro atoms. The molecule has 2 atom stereocenters. The van der Waals surface area contributed by atoms with E-state index in [9.17, 15) is 9.59 Å². The molecule has 0 saturated carbocycles. The molecule has 0 radical (unpaired) electrons. The molecule has 1 aromatic rings. The Morgan fingerprint density at radius 3 is 1.96 bits per heavy atom. The summed E-state index contributed by atoms with van der Waals surface area (Å²) in [6, 6.07) is 7.57. The number of imide groups is 1. The van der Waals surface area contributed by atoms with Crippen LogP contribution in [0.15, 0.2) is 24.3 Å². The number of amides is 3. The summed E-state index contributed by atoms with van der Waals surface area (Å²) in [5, 5.41) is 8.01. The molecule has 0 aliphatic rings. The highest BCUT2D eigenvalue weighted by molar-refractivity contribution is 5.96. The fraction of sp³-hybridized carbons (Fsp3) is 0.579. The topological polar surface area (TPSA) is 70.2 Å². The SMILES string of the molecule is CNC(=O)NC(=O)[C@H](C)N[C@H](c1ccc(C(C)(C)C)cc1)C(C)C. The van der Waals surface area contributed by atoms with E-state index in [2.05, 4.69) is 74.8 Å². The quantitative estimate of drug-likeness (QED) is 0.775. The van der Waals surface area contributed by atoms with Crippen molar-refractivity contribution in [2.24, 2.45) is 5.92 Å². The molecule has 0 aliphatic carbocycles. The van der Waals surface area contributed by atoms with Gasteiger partial charge in [-0.3, -0.25) is 15.4 Å². The van der Waals surface area contributed by atoms with Crippen molar-refractivity contribution in [1.82, 2.24) is 16.0 Å². The molecule has 24 heavy (non-hydrogen) atoms. The molecular weight excluding hydrogens is 302 g/mol. The average Bonchev–Trinajstić information content (AvgIpc) is 2.51. The van der Waals surface area contributed by atoms with Gasteiger partial charge in [-0.2, -0.15) is 0 Å². The van der Waals surface area contributed by atoms with Crippen molar-refractivity contribution in [1.29, 1.82) is 0 Å². The fourth-order valence-electron chi connectivity index (χ4n) is 2.49. The number of hydrogen-bond donors (Lipinski definition) is 3. The van der Waals surface area contributed by atoms with E-state index in [1.165, 1.54) is 12.6 Å². The summed E-state index contributed by atoms with van der Waals surface area (Å²) < 4.78 is 0. The second-order valence-corrected chi connectivity index (χ2v) is 7.55. The van der Waals surface area contributed by atoms with Gasteiger partial charge in [0.2, 0.25) is 5.91 Å². The van der Waals surface area contributed by atoms with Gasteiger partial charge in [-0.15, -0.1) is 0 Å². The molecule has 0 unspecified atom stereocenters. The van der Waals surface area contributed by atoms with E-state index in [1.54, 1.807) is 6.92 Å². The number of nitrogens with one attached hydrogen (secondary N) is 3. The van der Waals surface area contributed by atoms with Crippen molar-refractivity contribution >= 4 is 11.9 Å². The molecular formula is C19H31N3O2. The van der Waals surface area contributed by atoms with Gasteiger partial charge in [0.25, 0.3) is 0 Å². The molecule has 0 bridgehead atoms. The summed E-state index contributed by atoms with van der Waals surface area (Å²) in [4.78, 5) is 23.3. The van der Waals surface area contributed by atoms with E-state index >= 15 is 0 Å². The van der Waals surface area contributed by atoms with E-state index in [0.29, 0.717) is 5.92 Å². The highest BCUT2D eigenvalue weighted by Gasteiger charge is 2.23. The minimum Gasteiger partial charge on any atom is -0.341 e. The van der Waals surface area contributed by atoms with E-state index in [-0.39, 0.29) is 17.4 Å². The molecule has 134 valence electrons. The normalized spacial score (nSPS) is 14.2. The molecule has 5 nitrogen and oxygen atoms in total. The minimum absolute atomic E-state index is 0.0319. The molecule has 1 rings (SSSR count). The predicted molar refractivity (Wildman–Crippen MR) is 97.9 cm³/mol. The van der Waals surface area contributed by atoms with Gasteiger partial charge >= 0.3 is 6.03 Å². The van der Waals surface area contributed by atoms with Crippen LogP contribution in [0.25, 0.3) is 0 Å². The number of benzene rings is 1. The third-order valence-corrected chi connectivity index (χ3v) is 4.09. The van der Waals surface area contributed by atoms with E-state index in [0.717, 1.165) is 5.56 Å². The van der Waals surface area contributed by atoms with E-state index in [1.807, 2.05) is 0 Å². The Morgan fingerprint density at radius 1 is 1.00 bits per heavy atom. The molecule has 0 heterocycles. The largest absolute Gasteiger partial charge is 0.341 e. The Labute approximate surface area is 145 Å². The summed E-state index contributed by atoms with van der Waals surface area (Å²) in [5.41, 5.74) is 2.52. The third-order valence-electron chi connectivity index (χ3n) is 4.09. The first-order valence-corrected chi connectivity index (χ1v) is 8.45. The molecule has 0 aromatic heterocycles. The standard InChI is InChI=1S/C19H31N3O2/c1-12(2)16(21-13(3)17(23)22-18(24)20-7)14-8-10-15(11-9-14)19(4,5)6/h8-13,16,21H,1-7H3,(H2,20,22,23,24)/t13-,16-/m0/s1. The number of carbonyl (C=O) groups excluding carboxylic acids is 2. The minimum atomic E-state index is -0.496. The Morgan fingerprint density at radius 2 is 1.54 bits per heavy atom. The van der Waals surface area contributed by atoms with Gasteiger partial charge < -0.3 is 5.32 Å². The van der Waals surface area contributed by atoms with Crippen molar-refractivity contribution in [3.05, 3.63) is 35.4 Å². The lowest BCUT2D eigenvalue weighted by Gasteiger charge is -2.27. The molecule has 0 saturated heterocycles. The van der Waals surface area contributed by atoms with Crippen LogP contribution < -0.4 is 16.0 Å². The van der Waals surface area contributed by atoms with Crippen molar-refractivity contribution in [2.45, 2.75) is 59.0 Å². The second kappa shape index (κ2) is 8.29. The number of urea groups is 1. The molecule has 0 fully saturated rings. The van der Waals surface area contributed by atoms with Crippen molar-refractivity contribution in [3.63, 3.8) is 0 Å². The zero-order valence-electron chi connectivity index (χ0n) is 15.9. The Balaban J connectivity index is 2.87. The Hall–Kier alpha value is -1.88. The molecule has 1 aromatic carbocycles. The second-order valence-electron chi connectivity index (χ2n) is 7.55. The van der Waals surface area contributed by atoms with Crippen molar-refractivity contribution in [2.75, 3.05) is 7.05 Å². The average molecular weight is 333 g/mol.